The fourth-order valence-electron chi connectivity index (χ4n) is 3.15. The Hall–Kier alpha value is -3.00. The lowest BCUT2D eigenvalue weighted by Gasteiger charge is -2.22. The molecule has 1 saturated heterocycles. The Kier molecular flexibility index (Phi) is 6.91. The van der Waals surface area contributed by atoms with Crippen molar-refractivity contribution in [3.8, 4) is 0 Å². The number of aldehydes is 1. The molecule has 148 valence electrons. The van der Waals surface area contributed by atoms with Crippen LogP contribution in [-0.2, 0) is 6.61 Å². The number of nitrogens with zero attached hydrogens (tertiary/aromatic N) is 4. The number of benzene rings is 1. The van der Waals surface area contributed by atoms with Gasteiger partial charge < -0.3 is 20.7 Å². The van der Waals surface area contributed by atoms with Crippen molar-refractivity contribution < 1.29 is 9.90 Å². The van der Waals surface area contributed by atoms with Gasteiger partial charge >= 0.3 is 0 Å². The number of carbonyl (C=O) groups is 1. The van der Waals surface area contributed by atoms with Crippen molar-refractivity contribution in [3.05, 3.63) is 41.1 Å². The van der Waals surface area contributed by atoms with Crippen LogP contribution in [0.5, 0.6) is 0 Å². The SMILES string of the molecule is CN/N=C\c1nc(N2CCCCCC2)nc(Nc2ccc(CO)cc2)c1C=O. The van der Waals surface area contributed by atoms with Gasteiger partial charge in [-0.15, -0.1) is 0 Å². The van der Waals surface area contributed by atoms with Gasteiger partial charge in [-0.1, -0.05) is 25.0 Å². The summed E-state index contributed by atoms with van der Waals surface area (Å²) in [6, 6.07) is 7.33. The van der Waals surface area contributed by atoms with Crippen LogP contribution in [0.25, 0.3) is 0 Å². The summed E-state index contributed by atoms with van der Waals surface area (Å²) in [7, 11) is 1.69. The van der Waals surface area contributed by atoms with E-state index in [1.807, 2.05) is 24.3 Å². The van der Waals surface area contributed by atoms with Crippen LogP contribution in [0.15, 0.2) is 29.4 Å². The molecule has 8 heteroatoms. The Morgan fingerprint density at radius 2 is 1.86 bits per heavy atom. The molecule has 2 heterocycles. The zero-order chi connectivity index (χ0) is 19.8. The van der Waals surface area contributed by atoms with Crippen molar-refractivity contribution in [1.29, 1.82) is 0 Å². The van der Waals surface area contributed by atoms with Crippen LogP contribution in [-0.4, -0.2) is 47.7 Å². The molecule has 0 bridgehead atoms. The van der Waals surface area contributed by atoms with E-state index in [-0.39, 0.29) is 6.61 Å². The number of aromatic nitrogens is 2. The van der Waals surface area contributed by atoms with Crippen molar-refractivity contribution >= 4 is 30.0 Å². The second-order valence-electron chi connectivity index (χ2n) is 6.65. The normalized spacial score (nSPS) is 14.7. The summed E-state index contributed by atoms with van der Waals surface area (Å²) in [6.07, 6.45) is 6.90. The number of hydrogen-bond acceptors (Lipinski definition) is 8. The van der Waals surface area contributed by atoms with Crippen LogP contribution in [0.2, 0.25) is 0 Å². The van der Waals surface area contributed by atoms with E-state index < -0.39 is 0 Å². The van der Waals surface area contributed by atoms with Crippen molar-refractivity contribution in [3.63, 3.8) is 0 Å². The zero-order valence-corrected chi connectivity index (χ0v) is 16.1. The van der Waals surface area contributed by atoms with Crippen LogP contribution in [0.3, 0.4) is 0 Å². The van der Waals surface area contributed by atoms with Gasteiger partial charge in [0.2, 0.25) is 5.95 Å². The summed E-state index contributed by atoms with van der Waals surface area (Å²) in [4.78, 5) is 23.2. The summed E-state index contributed by atoms with van der Waals surface area (Å²) in [5.74, 6) is 1.04. The summed E-state index contributed by atoms with van der Waals surface area (Å²) in [5, 5.41) is 16.5. The van der Waals surface area contributed by atoms with Crippen LogP contribution in [0.4, 0.5) is 17.5 Å². The molecule has 0 amide bonds. The number of hydrazone groups is 1. The number of anilines is 3. The number of aliphatic hydroxyl groups excluding tert-OH is 1. The van der Waals surface area contributed by atoms with E-state index in [2.05, 4.69) is 30.7 Å². The Morgan fingerprint density at radius 1 is 1.14 bits per heavy atom. The smallest absolute Gasteiger partial charge is 0.227 e. The highest BCUT2D eigenvalue weighted by atomic mass is 16.3. The fourth-order valence-corrected chi connectivity index (χ4v) is 3.15. The molecule has 0 saturated carbocycles. The topological polar surface area (TPSA) is 103 Å². The van der Waals surface area contributed by atoms with E-state index in [1.165, 1.54) is 19.1 Å². The molecule has 2 aromatic rings. The van der Waals surface area contributed by atoms with E-state index in [9.17, 15) is 9.90 Å². The summed E-state index contributed by atoms with van der Waals surface area (Å²) in [6.45, 7) is 1.78. The Bertz CT molecular complexity index is 814. The molecule has 0 aliphatic carbocycles. The van der Waals surface area contributed by atoms with Gasteiger partial charge in [0.15, 0.2) is 6.29 Å². The minimum Gasteiger partial charge on any atom is -0.392 e. The molecule has 8 nitrogen and oxygen atoms in total. The van der Waals surface area contributed by atoms with Crippen LogP contribution < -0.4 is 15.6 Å². The van der Waals surface area contributed by atoms with Crippen LogP contribution in [0.1, 0.15) is 47.3 Å². The Balaban J connectivity index is 2.00. The molecule has 0 radical (unpaired) electrons. The molecule has 0 atom stereocenters. The standard InChI is InChI=1S/C20H26N6O2/c1-21-22-12-18-17(14-28)19(23-16-8-6-15(13-27)7-9-16)25-20(24-18)26-10-4-2-3-5-11-26/h6-9,12,14,21,27H,2-5,10-11,13H2,1H3,(H,23,24,25)/b22-12-. The summed E-state index contributed by atoms with van der Waals surface area (Å²) < 4.78 is 0. The lowest BCUT2D eigenvalue weighted by molar-refractivity contribution is 0.112. The molecule has 1 aromatic carbocycles. The molecular formula is C20H26N6O2. The maximum absolute atomic E-state index is 11.8. The highest BCUT2D eigenvalue weighted by Gasteiger charge is 2.18. The van der Waals surface area contributed by atoms with E-state index in [0.29, 0.717) is 23.0 Å². The second-order valence-corrected chi connectivity index (χ2v) is 6.65. The van der Waals surface area contributed by atoms with E-state index in [0.717, 1.165) is 43.5 Å². The molecule has 1 aliphatic rings. The molecule has 3 N–H and O–H groups in total. The van der Waals surface area contributed by atoms with Crippen LogP contribution in [0, 0.1) is 0 Å². The highest BCUT2D eigenvalue weighted by Crippen LogP contribution is 2.24. The number of rotatable bonds is 7. The first-order valence-corrected chi connectivity index (χ1v) is 9.54. The lowest BCUT2D eigenvalue weighted by atomic mass is 10.2. The third-order valence-electron chi connectivity index (χ3n) is 4.69. The first kappa shape index (κ1) is 19.8. The molecule has 28 heavy (non-hydrogen) atoms. The molecule has 3 rings (SSSR count). The molecule has 0 unspecified atom stereocenters. The molecule has 0 spiro atoms. The quantitative estimate of drug-likeness (QED) is 0.384. The molecule has 1 aliphatic heterocycles. The number of hydrogen-bond donors (Lipinski definition) is 3. The largest absolute Gasteiger partial charge is 0.392 e. The first-order chi connectivity index (χ1) is 13.7. The third-order valence-corrected chi connectivity index (χ3v) is 4.69. The van der Waals surface area contributed by atoms with Crippen molar-refractivity contribution in [2.75, 3.05) is 30.4 Å². The Morgan fingerprint density at radius 3 is 2.46 bits per heavy atom. The summed E-state index contributed by atoms with van der Waals surface area (Å²) >= 11 is 0. The predicted octanol–water partition coefficient (Wildman–Crippen LogP) is 2.46. The summed E-state index contributed by atoms with van der Waals surface area (Å²) in [5.41, 5.74) is 5.10. The van der Waals surface area contributed by atoms with Gasteiger partial charge in [-0.25, -0.2) is 4.98 Å². The van der Waals surface area contributed by atoms with Crippen molar-refractivity contribution in [2.24, 2.45) is 5.10 Å². The highest BCUT2D eigenvalue weighted by molar-refractivity contribution is 5.96. The van der Waals surface area contributed by atoms with Gasteiger partial charge in [0.25, 0.3) is 0 Å². The van der Waals surface area contributed by atoms with Gasteiger partial charge in [0, 0.05) is 25.8 Å². The second kappa shape index (κ2) is 9.80. The van der Waals surface area contributed by atoms with Crippen molar-refractivity contribution in [2.45, 2.75) is 32.3 Å². The van der Waals surface area contributed by atoms with Gasteiger partial charge in [-0.2, -0.15) is 10.1 Å². The monoisotopic (exact) mass is 382 g/mol. The van der Waals surface area contributed by atoms with E-state index in [1.54, 1.807) is 7.05 Å². The molecule has 1 aromatic heterocycles. The van der Waals surface area contributed by atoms with E-state index >= 15 is 0 Å². The van der Waals surface area contributed by atoms with Gasteiger partial charge in [0.05, 0.1) is 18.4 Å². The van der Waals surface area contributed by atoms with E-state index in [4.69, 9.17) is 0 Å². The average Bonchev–Trinajstić information content (AvgIpc) is 3.02. The molecule has 1 fully saturated rings. The predicted molar refractivity (Wildman–Crippen MR) is 110 cm³/mol. The zero-order valence-electron chi connectivity index (χ0n) is 16.1. The minimum absolute atomic E-state index is 0.0168. The maximum Gasteiger partial charge on any atom is 0.227 e. The number of aliphatic hydroxyl groups is 1. The van der Waals surface area contributed by atoms with Gasteiger partial charge in [-0.05, 0) is 30.5 Å². The van der Waals surface area contributed by atoms with Crippen LogP contribution >= 0.6 is 0 Å². The van der Waals surface area contributed by atoms with Gasteiger partial charge in [-0.3, -0.25) is 4.79 Å². The first-order valence-electron chi connectivity index (χ1n) is 9.54. The fraction of sp³-hybridized carbons (Fsp3) is 0.400. The Labute approximate surface area is 164 Å². The third kappa shape index (κ3) is 4.83. The van der Waals surface area contributed by atoms with Gasteiger partial charge in [0.1, 0.15) is 11.5 Å². The maximum atomic E-state index is 11.8. The molecular weight excluding hydrogens is 356 g/mol. The average molecular weight is 382 g/mol. The number of nitrogens with one attached hydrogen (secondary N) is 2. The number of carbonyl (C=O) groups excluding carboxylic acids is 1. The van der Waals surface area contributed by atoms with Crippen molar-refractivity contribution in [1.82, 2.24) is 15.4 Å². The minimum atomic E-state index is -0.0168. The lowest BCUT2D eigenvalue weighted by Crippen LogP contribution is -2.27.